The Balaban J connectivity index is 4.47. The molecule has 0 amide bonds. The smallest absolute Gasteiger partial charge is 0.0630 e. The van der Waals surface area contributed by atoms with Crippen molar-refractivity contribution in [2.24, 2.45) is 0 Å². The van der Waals surface area contributed by atoms with Crippen LogP contribution in [0.15, 0.2) is 0 Å². The van der Waals surface area contributed by atoms with Gasteiger partial charge in [-0.3, -0.25) is 4.90 Å². The van der Waals surface area contributed by atoms with Crippen molar-refractivity contribution in [3.63, 3.8) is 0 Å². The van der Waals surface area contributed by atoms with Gasteiger partial charge in [-0.25, -0.2) is 0 Å². The molecule has 1 atom stereocenters. The molecular weight excluding hydrogens is 236 g/mol. The fourth-order valence-corrected chi connectivity index (χ4v) is 2.30. The third kappa shape index (κ3) is 9.42. The van der Waals surface area contributed by atoms with Crippen LogP contribution in [0.3, 0.4) is 0 Å². The van der Waals surface area contributed by atoms with E-state index in [0.717, 1.165) is 13.2 Å². The Morgan fingerprint density at radius 1 is 1.16 bits per heavy atom. The number of methoxy groups -OCH3 is 1. The van der Waals surface area contributed by atoms with Crippen LogP contribution in [0.2, 0.25) is 0 Å². The molecule has 0 aromatic heterocycles. The molecule has 116 valence electrons. The normalized spacial score (nSPS) is 14.4. The number of unbranched alkanes of at least 4 members (excludes halogenated alkanes) is 2. The SMILES string of the molecule is CCCCCN(C(C)C)C(CNC(C)(C)C)COC. The van der Waals surface area contributed by atoms with Gasteiger partial charge < -0.3 is 10.1 Å². The number of hydrogen-bond donors (Lipinski definition) is 1. The number of nitrogens with zero attached hydrogens (tertiary/aromatic N) is 1. The topological polar surface area (TPSA) is 24.5 Å². The van der Waals surface area contributed by atoms with Crippen LogP contribution < -0.4 is 5.32 Å². The van der Waals surface area contributed by atoms with Gasteiger partial charge >= 0.3 is 0 Å². The Labute approximate surface area is 121 Å². The maximum Gasteiger partial charge on any atom is 0.0630 e. The van der Waals surface area contributed by atoms with Gasteiger partial charge in [-0.05, 0) is 47.6 Å². The Hall–Kier alpha value is -0.120. The largest absolute Gasteiger partial charge is 0.383 e. The molecule has 19 heavy (non-hydrogen) atoms. The summed E-state index contributed by atoms with van der Waals surface area (Å²) in [5, 5.41) is 3.61. The highest BCUT2D eigenvalue weighted by molar-refractivity contribution is 4.80. The highest BCUT2D eigenvalue weighted by atomic mass is 16.5. The summed E-state index contributed by atoms with van der Waals surface area (Å²) in [4.78, 5) is 2.58. The lowest BCUT2D eigenvalue weighted by molar-refractivity contribution is 0.0646. The molecule has 0 saturated carbocycles. The molecule has 0 saturated heterocycles. The minimum absolute atomic E-state index is 0.165. The van der Waals surface area contributed by atoms with Crippen molar-refractivity contribution < 1.29 is 4.74 Å². The molecule has 0 rings (SSSR count). The van der Waals surface area contributed by atoms with Gasteiger partial charge in [-0.15, -0.1) is 0 Å². The minimum atomic E-state index is 0.165. The zero-order valence-corrected chi connectivity index (χ0v) is 14.3. The molecule has 0 aliphatic carbocycles. The van der Waals surface area contributed by atoms with Gasteiger partial charge in [-0.2, -0.15) is 0 Å². The zero-order valence-electron chi connectivity index (χ0n) is 14.3. The predicted octanol–water partition coefficient (Wildman–Crippen LogP) is 3.29. The van der Waals surface area contributed by atoms with Gasteiger partial charge in [0.2, 0.25) is 0 Å². The van der Waals surface area contributed by atoms with Crippen molar-refractivity contribution in [3.05, 3.63) is 0 Å². The van der Waals surface area contributed by atoms with Gasteiger partial charge in [0.1, 0.15) is 0 Å². The number of rotatable bonds is 10. The van der Waals surface area contributed by atoms with Crippen LogP contribution >= 0.6 is 0 Å². The van der Waals surface area contributed by atoms with E-state index >= 15 is 0 Å². The summed E-state index contributed by atoms with van der Waals surface area (Å²) in [5.41, 5.74) is 0.165. The average molecular weight is 272 g/mol. The van der Waals surface area contributed by atoms with Crippen LogP contribution in [-0.4, -0.2) is 49.3 Å². The molecule has 0 aliphatic heterocycles. The standard InChI is InChI=1S/C16H36N2O/c1-8-9-10-11-18(14(2)3)15(13-19-7)12-17-16(4,5)6/h14-15,17H,8-13H2,1-7H3. The predicted molar refractivity (Wildman–Crippen MR) is 84.8 cm³/mol. The summed E-state index contributed by atoms with van der Waals surface area (Å²) in [6.07, 6.45) is 3.88. The van der Waals surface area contributed by atoms with Crippen LogP contribution in [-0.2, 0) is 4.74 Å². The second kappa shape index (κ2) is 9.73. The van der Waals surface area contributed by atoms with E-state index in [1.54, 1.807) is 7.11 Å². The number of ether oxygens (including phenoxy) is 1. The molecule has 0 fully saturated rings. The molecule has 3 heteroatoms. The summed E-state index contributed by atoms with van der Waals surface area (Å²) in [6, 6.07) is 1.03. The lowest BCUT2D eigenvalue weighted by Crippen LogP contribution is -2.52. The van der Waals surface area contributed by atoms with Gasteiger partial charge in [-0.1, -0.05) is 19.8 Å². The van der Waals surface area contributed by atoms with E-state index < -0.39 is 0 Å². The zero-order chi connectivity index (χ0) is 14.9. The van der Waals surface area contributed by atoms with Crippen LogP contribution in [0.5, 0.6) is 0 Å². The number of hydrogen-bond acceptors (Lipinski definition) is 3. The highest BCUT2D eigenvalue weighted by Crippen LogP contribution is 2.10. The van der Waals surface area contributed by atoms with E-state index in [4.69, 9.17) is 4.74 Å². The molecule has 1 unspecified atom stereocenters. The molecular formula is C16H36N2O. The van der Waals surface area contributed by atoms with Gasteiger partial charge in [0.15, 0.2) is 0 Å². The van der Waals surface area contributed by atoms with Crippen molar-refractivity contribution >= 4 is 0 Å². The Bertz CT molecular complexity index is 211. The number of nitrogens with one attached hydrogen (secondary N) is 1. The lowest BCUT2D eigenvalue weighted by Gasteiger charge is -2.36. The van der Waals surface area contributed by atoms with E-state index in [2.05, 4.69) is 51.8 Å². The first-order chi connectivity index (χ1) is 8.81. The fourth-order valence-electron chi connectivity index (χ4n) is 2.30. The third-order valence-corrected chi connectivity index (χ3v) is 3.38. The molecule has 1 N–H and O–H groups in total. The molecule has 0 aromatic rings. The molecule has 0 radical (unpaired) electrons. The van der Waals surface area contributed by atoms with Crippen molar-refractivity contribution in [1.82, 2.24) is 10.2 Å². The van der Waals surface area contributed by atoms with E-state index in [0.29, 0.717) is 12.1 Å². The van der Waals surface area contributed by atoms with E-state index in [9.17, 15) is 0 Å². The summed E-state index contributed by atoms with van der Waals surface area (Å²) in [6.45, 7) is 16.4. The molecule has 3 nitrogen and oxygen atoms in total. The van der Waals surface area contributed by atoms with E-state index in [-0.39, 0.29) is 5.54 Å². The Morgan fingerprint density at radius 3 is 2.21 bits per heavy atom. The molecule has 0 aliphatic rings. The molecule has 0 bridgehead atoms. The minimum Gasteiger partial charge on any atom is -0.383 e. The van der Waals surface area contributed by atoms with Gasteiger partial charge in [0, 0.05) is 31.3 Å². The highest BCUT2D eigenvalue weighted by Gasteiger charge is 2.22. The van der Waals surface area contributed by atoms with Crippen LogP contribution in [0.1, 0.15) is 60.8 Å². The van der Waals surface area contributed by atoms with Crippen LogP contribution in [0.4, 0.5) is 0 Å². The van der Waals surface area contributed by atoms with Gasteiger partial charge in [0.25, 0.3) is 0 Å². The summed E-state index contributed by atoms with van der Waals surface area (Å²) in [5.74, 6) is 0. The van der Waals surface area contributed by atoms with Crippen molar-refractivity contribution in [1.29, 1.82) is 0 Å². The Kier molecular flexibility index (Phi) is 9.67. The second-order valence-electron chi connectivity index (χ2n) is 6.78. The van der Waals surface area contributed by atoms with E-state index in [1.807, 2.05) is 0 Å². The van der Waals surface area contributed by atoms with Crippen molar-refractivity contribution in [2.75, 3.05) is 26.8 Å². The third-order valence-electron chi connectivity index (χ3n) is 3.38. The molecule has 0 aromatic carbocycles. The summed E-state index contributed by atoms with van der Waals surface area (Å²) < 4.78 is 5.42. The Morgan fingerprint density at radius 2 is 1.79 bits per heavy atom. The maximum absolute atomic E-state index is 5.42. The van der Waals surface area contributed by atoms with Crippen molar-refractivity contribution in [3.8, 4) is 0 Å². The second-order valence-corrected chi connectivity index (χ2v) is 6.78. The first-order valence-electron chi connectivity index (χ1n) is 7.81. The fraction of sp³-hybridized carbons (Fsp3) is 1.00. The van der Waals surface area contributed by atoms with Gasteiger partial charge in [0.05, 0.1) is 6.61 Å². The monoisotopic (exact) mass is 272 g/mol. The average Bonchev–Trinajstić information content (AvgIpc) is 2.29. The first-order valence-corrected chi connectivity index (χ1v) is 7.81. The molecule has 0 heterocycles. The van der Waals surface area contributed by atoms with Crippen molar-refractivity contribution in [2.45, 2.75) is 78.4 Å². The van der Waals surface area contributed by atoms with E-state index in [1.165, 1.54) is 25.8 Å². The quantitative estimate of drug-likeness (QED) is 0.618. The summed E-state index contributed by atoms with van der Waals surface area (Å²) >= 11 is 0. The summed E-state index contributed by atoms with van der Waals surface area (Å²) in [7, 11) is 1.80. The maximum atomic E-state index is 5.42. The lowest BCUT2D eigenvalue weighted by atomic mass is 10.1. The first kappa shape index (κ1) is 18.9. The molecule has 0 spiro atoms. The van der Waals surface area contributed by atoms with Crippen LogP contribution in [0.25, 0.3) is 0 Å². The van der Waals surface area contributed by atoms with Crippen LogP contribution in [0, 0.1) is 0 Å².